The second kappa shape index (κ2) is 16.0. The third kappa shape index (κ3) is 8.23. The summed E-state index contributed by atoms with van der Waals surface area (Å²) in [5.41, 5.74) is 6.44. The number of fused-ring (bicyclic) bond motifs is 4. The van der Waals surface area contributed by atoms with Crippen LogP contribution in [0.5, 0.6) is 11.6 Å². The molecule has 1 atom stereocenters. The zero-order valence-corrected chi connectivity index (χ0v) is 32.3. The summed E-state index contributed by atoms with van der Waals surface area (Å²) in [5, 5.41) is 7.73. The Bertz CT molecular complexity index is 2520. The van der Waals surface area contributed by atoms with Gasteiger partial charge < -0.3 is 34.9 Å². The molecule has 15 heteroatoms. The van der Waals surface area contributed by atoms with Gasteiger partial charge in [0, 0.05) is 108 Å². The summed E-state index contributed by atoms with van der Waals surface area (Å²) in [4.78, 5) is 48.2. The van der Waals surface area contributed by atoms with Crippen molar-refractivity contribution in [1.29, 1.82) is 0 Å². The van der Waals surface area contributed by atoms with Gasteiger partial charge >= 0.3 is 0 Å². The fourth-order valence-electron chi connectivity index (χ4n) is 7.92. The third-order valence-corrected chi connectivity index (χ3v) is 11.2. The van der Waals surface area contributed by atoms with Crippen molar-refractivity contribution in [2.75, 3.05) is 62.7 Å². The van der Waals surface area contributed by atoms with Crippen molar-refractivity contribution in [3.63, 3.8) is 0 Å². The fourth-order valence-corrected chi connectivity index (χ4v) is 7.92. The summed E-state index contributed by atoms with van der Waals surface area (Å²) in [5.74, 6) is -2.09. The number of piperidine rings is 1. The molecule has 0 aliphatic carbocycles. The predicted molar refractivity (Wildman–Crippen MR) is 221 cm³/mol. The number of nitrogens with one attached hydrogen (secondary N) is 3. The van der Waals surface area contributed by atoms with Crippen LogP contribution in [0.1, 0.15) is 28.8 Å². The summed E-state index contributed by atoms with van der Waals surface area (Å²) >= 11 is 0. The number of halogens is 2. The highest BCUT2D eigenvalue weighted by Crippen LogP contribution is 2.32. The number of H-pyrrole nitrogens is 1. The first-order valence-electron chi connectivity index (χ1n) is 19.7. The zero-order valence-electron chi connectivity index (χ0n) is 32.3. The molecule has 4 aromatic heterocycles. The van der Waals surface area contributed by atoms with Gasteiger partial charge in [0.1, 0.15) is 24.2 Å². The smallest absolute Gasteiger partial charge is 0.298 e. The highest BCUT2D eigenvalue weighted by molar-refractivity contribution is 6.07. The largest absolute Gasteiger partial charge is 0.486 e. The number of allylic oxidation sites excluding steroid dienone is 1. The SMILES string of the molecule is C=C1CCC(N2Cc3cc(NCC(F)(F)COc4ccc(N5CCN(CCOc6ccc(-c7ccc8c(c7)[nH]c7ccncc78)cn6)CC5)nc4)ccc3C2=O)C(=O)N1. The number of benzene rings is 2. The minimum absolute atomic E-state index is 0.237. The summed E-state index contributed by atoms with van der Waals surface area (Å²) in [6.07, 6.45) is 8.06. The van der Waals surface area contributed by atoms with Gasteiger partial charge in [-0.1, -0.05) is 18.7 Å². The Balaban J connectivity index is 0.691. The van der Waals surface area contributed by atoms with Gasteiger partial charge in [-0.15, -0.1) is 0 Å². The maximum atomic E-state index is 14.9. The van der Waals surface area contributed by atoms with Crippen LogP contribution < -0.4 is 25.0 Å². The van der Waals surface area contributed by atoms with E-state index in [9.17, 15) is 18.4 Å². The molecule has 2 saturated heterocycles. The molecule has 1 unspecified atom stereocenters. The Morgan fingerprint density at radius 2 is 1.75 bits per heavy atom. The van der Waals surface area contributed by atoms with Gasteiger partial charge in [-0.3, -0.25) is 19.5 Å². The van der Waals surface area contributed by atoms with Crippen LogP contribution in [0.4, 0.5) is 20.3 Å². The Morgan fingerprint density at radius 3 is 2.54 bits per heavy atom. The highest BCUT2D eigenvalue weighted by Gasteiger charge is 2.38. The second-order valence-electron chi connectivity index (χ2n) is 15.2. The van der Waals surface area contributed by atoms with Crippen LogP contribution in [0.2, 0.25) is 0 Å². The van der Waals surface area contributed by atoms with Gasteiger partial charge in [-0.05, 0) is 72.5 Å². The molecule has 59 heavy (non-hydrogen) atoms. The normalized spacial score (nSPS) is 17.4. The number of rotatable bonds is 13. The molecule has 302 valence electrons. The number of carbonyl (C=O) groups excluding carboxylic acids is 2. The van der Waals surface area contributed by atoms with Crippen molar-refractivity contribution >= 4 is 45.1 Å². The van der Waals surface area contributed by atoms with E-state index in [0.717, 1.165) is 71.5 Å². The molecule has 3 aliphatic rings. The molecule has 0 spiro atoms. The lowest BCUT2D eigenvalue weighted by Crippen LogP contribution is -2.49. The Hall–Kier alpha value is -6.61. The van der Waals surface area contributed by atoms with E-state index in [1.807, 2.05) is 30.6 Å². The van der Waals surface area contributed by atoms with Gasteiger partial charge in [0.2, 0.25) is 11.8 Å². The van der Waals surface area contributed by atoms with Crippen LogP contribution in [0.25, 0.3) is 32.9 Å². The van der Waals surface area contributed by atoms with Crippen LogP contribution >= 0.6 is 0 Å². The summed E-state index contributed by atoms with van der Waals surface area (Å²) in [7, 11) is 0. The van der Waals surface area contributed by atoms with Crippen LogP contribution in [0.3, 0.4) is 0 Å². The fraction of sp³-hybridized carbons (Fsp3) is 0.295. The number of hydrogen-bond donors (Lipinski definition) is 3. The summed E-state index contributed by atoms with van der Waals surface area (Å²) in [6, 6.07) is 20.0. The molecule has 3 N–H and O–H groups in total. The summed E-state index contributed by atoms with van der Waals surface area (Å²) in [6.45, 7) is 6.99. The van der Waals surface area contributed by atoms with Crippen molar-refractivity contribution in [3.05, 3.63) is 115 Å². The number of aromatic nitrogens is 4. The second-order valence-corrected chi connectivity index (χ2v) is 15.2. The molecule has 3 aliphatic heterocycles. The predicted octanol–water partition coefficient (Wildman–Crippen LogP) is 6.25. The van der Waals surface area contributed by atoms with E-state index in [4.69, 9.17) is 9.47 Å². The number of ether oxygens (including phenoxy) is 2. The number of anilines is 2. The zero-order chi connectivity index (χ0) is 40.5. The Morgan fingerprint density at radius 1 is 0.881 bits per heavy atom. The van der Waals surface area contributed by atoms with Gasteiger partial charge in [0.25, 0.3) is 11.8 Å². The topological polar surface area (TPSA) is 141 Å². The first-order valence-corrected chi connectivity index (χ1v) is 19.7. The van der Waals surface area contributed by atoms with Crippen LogP contribution in [-0.4, -0.2) is 106 Å². The lowest BCUT2D eigenvalue weighted by Gasteiger charge is -2.35. The Labute approximate surface area is 339 Å². The van der Waals surface area contributed by atoms with Crippen LogP contribution in [0.15, 0.2) is 104 Å². The maximum Gasteiger partial charge on any atom is 0.298 e. The van der Waals surface area contributed by atoms with Crippen molar-refractivity contribution in [2.24, 2.45) is 0 Å². The van der Waals surface area contributed by atoms with E-state index in [1.54, 1.807) is 36.5 Å². The molecule has 9 rings (SSSR count). The number of nitrogens with zero attached hydrogens (tertiary/aromatic N) is 6. The average Bonchev–Trinajstić information content (AvgIpc) is 3.79. The van der Waals surface area contributed by atoms with Crippen molar-refractivity contribution in [1.82, 2.24) is 35.1 Å². The molecule has 0 bridgehead atoms. The lowest BCUT2D eigenvalue weighted by atomic mass is 10.0. The van der Waals surface area contributed by atoms with Crippen molar-refractivity contribution < 1.29 is 27.8 Å². The molecule has 2 amide bonds. The summed E-state index contributed by atoms with van der Waals surface area (Å²) < 4.78 is 41.2. The number of carbonyl (C=O) groups is 2. The maximum absolute atomic E-state index is 14.9. The third-order valence-electron chi connectivity index (χ3n) is 11.2. The molecule has 2 aromatic carbocycles. The first kappa shape index (κ1) is 37.9. The highest BCUT2D eigenvalue weighted by atomic mass is 19.3. The van der Waals surface area contributed by atoms with Crippen molar-refractivity contribution in [3.8, 4) is 22.8 Å². The first-order chi connectivity index (χ1) is 28.7. The van der Waals surface area contributed by atoms with Gasteiger partial charge in [0.05, 0.1) is 12.7 Å². The molecular weight excluding hydrogens is 757 g/mol. The molecule has 7 heterocycles. The van der Waals surface area contributed by atoms with E-state index >= 15 is 0 Å². The van der Waals surface area contributed by atoms with E-state index in [2.05, 4.69) is 65.1 Å². The molecular formula is C44H43F2N9O4. The molecule has 13 nitrogen and oxygen atoms in total. The molecule has 0 saturated carbocycles. The quantitative estimate of drug-likeness (QED) is 0.123. The van der Waals surface area contributed by atoms with E-state index in [1.165, 1.54) is 11.1 Å². The number of aromatic amines is 1. The Kier molecular flexibility index (Phi) is 10.3. The number of pyridine rings is 3. The number of amides is 2. The number of hydrogen-bond acceptors (Lipinski definition) is 10. The van der Waals surface area contributed by atoms with Gasteiger partial charge in [-0.2, -0.15) is 0 Å². The number of alkyl halides is 2. The minimum Gasteiger partial charge on any atom is -0.486 e. The number of piperazine rings is 1. The minimum atomic E-state index is -3.19. The van der Waals surface area contributed by atoms with Gasteiger partial charge in [0.15, 0.2) is 6.61 Å². The molecule has 6 aromatic rings. The van der Waals surface area contributed by atoms with Crippen LogP contribution in [-0.2, 0) is 11.3 Å². The van der Waals surface area contributed by atoms with E-state index < -0.39 is 25.1 Å². The standard InChI is InChI=1S/C44H43F2N9O4/c1-28-2-9-39(42(56)51-28)55-25-31-20-32(5-8-34(31)43(55)57)50-26-44(45,46)27-59-33-6-10-40(48-23-33)54-16-14-53(15-17-54)18-19-58-41-11-4-30(22-49-41)29-3-7-35-36-24-47-13-12-37(36)52-38(35)21-29/h3-8,10-13,20-24,39,50,52H,1-2,9,14-19,25-27H2,(H,51,56). The van der Waals surface area contributed by atoms with Crippen molar-refractivity contribution in [2.45, 2.75) is 31.4 Å². The lowest BCUT2D eigenvalue weighted by molar-refractivity contribution is -0.126. The van der Waals surface area contributed by atoms with E-state index in [0.29, 0.717) is 47.8 Å². The van der Waals surface area contributed by atoms with Gasteiger partial charge in [-0.25, -0.2) is 18.7 Å². The monoisotopic (exact) mass is 799 g/mol. The molecule has 2 fully saturated rings. The average molecular weight is 800 g/mol. The molecule has 0 radical (unpaired) electrons. The van der Waals surface area contributed by atoms with E-state index in [-0.39, 0.29) is 24.1 Å². The van der Waals surface area contributed by atoms with Crippen LogP contribution in [0, 0.1) is 0 Å².